The van der Waals surface area contributed by atoms with E-state index in [1.165, 1.54) is 32.1 Å². The minimum atomic E-state index is -0.498. The van der Waals surface area contributed by atoms with Crippen molar-refractivity contribution in [2.45, 2.75) is 57.5 Å². The minimum Gasteiger partial charge on any atom is -0.849 e. The topological polar surface area (TPSA) is 23.1 Å². The van der Waals surface area contributed by atoms with E-state index in [2.05, 4.69) is 6.92 Å². The van der Waals surface area contributed by atoms with Crippen molar-refractivity contribution in [3.8, 4) is 0 Å². The van der Waals surface area contributed by atoms with Gasteiger partial charge >= 0.3 is 29.6 Å². The molecule has 4 aliphatic carbocycles. The van der Waals surface area contributed by atoms with Crippen LogP contribution in [0.2, 0.25) is 0 Å². The van der Waals surface area contributed by atoms with Gasteiger partial charge in [-0.3, -0.25) is 0 Å². The Kier molecular flexibility index (Phi) is 3.58. The summed E-state index contributed by atoms with van der Waals surface area (Å²) in [5.41, 5.74) is -0.498. The van der Waals surface area contributed by atoms with Crippen molar-refractivity contribution in [2.75, 3.05) is 0 Å². The quantitative estimate of drug-likeness (QED) is 0.562. The first-order valence-corrected chi connectivity index (χ1v) is 6.42. The van der Waals surface area contributed by atoms with Crippen molar-refractivity contribution >= 4 is 0 Å². The van der Waals surface area contributed by atoms with E-state index in [-0.39, 0.29) is 29.6 Å². The standard InChI is InChI=1S/C13H21O.Na/c1-2-3-13(14)11-5-9-4-10(7-11)8-12(13)6-9;/h9-12H,2-8H2,1H3;/q-1;+1. The monoisotopic (exact) mass is 216 g/mol. The van der Waals surface area contributed by atoms with E-state index in [4.69, 9.17) is 0 Å². The Morgan fingerprint density at radius 3 is 1.87 bits per heavy atom. The zero-order valence-corrected chi connectivity index (χ0v) is 12.2. The molecule has 0 heterocycles. The third-order valence-corrected chi connectivity index (χ3v) is 5.16. The van der Waals surface area contributed by atoms with E-state index < -0.39 is 5.60 Å². The Balaban J connectivity index is 0.000000853. The predicted molar refractivity (Wildman–Crippen MR) is 54.7 cm³/mol. The minimum absolute atomic E-state index is 0. The maximum Gasteiger partial charge on any atom is 1.00 e. The Morgan fingerprint density at radius 2 is 1.47 bits per heavy atom. The van der Waals surface area contributed by atoms with E-state index in [0.717, 1.165) is 24.7 Å². The second kappa shape index (κ2) is 4.33. The zero-order chi connectivity index (χ0) is 9.76. The molecule has 0 aromatic carbocycles. The third kappa shape index (κ3) is 1.84. The Morgan fingerprint density at radius 1 is 1.00 bits per heavy atom. The van der Waals surface area contributed by atoms with E-state index in [1.54, 1.807) is 0 Å². The van der Waals surface area contributed by atoms with Crippen LogP contribution in [0, 0.1) is 23.7 Å². The van der Waals surface area contributed by atoms with E-state index in [9.17, 15) is 5.11 Å². The van der Waals surface area contributed by atoms with Crippen LogP contribution in [-0.2, 0) is 0 Å². The first-order chi connectivity index (χ1) is 6.72. The summed E-state index contributed by atoms with van der Waals surface area (Å²) in [5.74, 6) is 2.99. The molecule has 0 aromatic rings. The smallest absolute Gasteiger partial charge is 0.849 e. The fraction of sp³-hybridized carbons (Fsp3) is 1.00. The van der Waals surface area contributed by atoms with Crippen molar-refractivity contribution in [3.05, 3.63) is 0 Å². The van der Waals surface area contributed by atoms with Gasteiger partial charge in [-0.2, -0.15) is 0 Å². The van der Waals surface area contributed by atoms with Crippen LogP contribution >= 0.6 is 0 Å². The summed E-state index contributed by atoms with van der Waals surface area (Å²) < 4.78 is 0. The maximum absolute atomic E-state index is 12.8. The molecular formula is C13H21NaO. The molecular weight excluding hydrogens is 195 g/mol. The van der Waals surface area contributed by atoms with Crippen molar-refractivity contribution < 1.29 is 34.7 Å². The average Bonchev–Trinajstić information content (AvgIpc) is 2.14. The summed E-state index contributed by atoms with van der Waals surface area (Å²) in [6, 6.07) is 0. The van der Waals surface area contributed by atoms with Gasteiger partial charge in [-0.25, -0.2) is 0 Å². The fourth-order valence-electron chi connectivity index (χ4n) is 4.78. The van der Waals surface area contributed by atoms with Crippen molar-refractivity contribution in [1.29, 1.82) is 0 Å². The van der Waals surface area contributed by atoms with Crippen LogP contribution in [0.3, 0.4) is 0 Å². The second-order valence-corrected chi connectivity index (χ2v) is 6.01. The Hall–Kier alpha value is 0.960. The zero-order valence-electron chi connectivity index (χ0n) is 10.2. The van der Waals surface area contributed by atoms with Crippen LogP contribution in [-0.4, -0.2) is 5.60 Å². The molecule has 0 atom stereocenters. The molecule has 4 rings (SSSR count). The van der Waals surface area contributed by atoms with Gasteiger partial charge in [-0.1, -0.05) is 31.6 Å². The fourth-order valence-corrected chi connectivity index (χ4v) is 4.78. The molecule has 4 aliphatic rings. The normalized spacial score (nSPS) is 51.6. The molecule has 15 heavy (non-hydrogen) atoms. The molecule has 0 amide bonds. The van der Waals surface area contributed by atoms with Crippen LogP contribution in [0.25, 0.3) is 0 Å². The van der Waals surface area contributed by atoms with Gasteiger partial charge in [0.2, 0.25) is 0 Å². The molecule has 4 saturated carbocycles. The molecule has 0 N–H and O–H groups in total. The molecule has 0 aromatic heterocycles. The van der Waals surface area contributed by atoms with Crippen LogP contribution in [0.5, 0.6) is 0 Å². The van der Waals surface area contributed by atoms with Crippen molar-refractivity contribution in [1.82, 2.24) is 0 Å². The summed E-state index contributed by atoms with van der Waals surface area (Å²) in [6.07, 6.45) is 8.59. The summed E-state index contributed by atoms with van der Waals surface area (Å²) in [4.78, 5) is 0. The molecule has 0 saturated heterocycles. The van der Waals surface area contributed by atoms with Crippen molar-refractivity contribution in [2.24, 2.45) is 23.7 Å². The van der Waals surface area contributed by atoms with Gasteiger partial charge in [0.05, 0.1) is 0 Å². The molecule has 0 spiro atoms. The molecule has 2 heteroatoms. The first-order valence-electron chi connectivity index (χ1n) is 6.42. The van der Waals surface area contributed by atoms with Crippen LogP contribution < -0.4 is 34.7 Å². The Labute approximate surface area is 115 Å². The Bertz CT molecular complexity index is 211. The SMILES string of the molecule is CCCC1([O-])C2CC3CC(C2)CC1C3.[Na+]. The number of rotatable bonds is 2. The molecule has 80 valence electrons. The van der Waals surface area contributed by atoms with Gasteiger partial charge in [0.15, 0.2) is 0 Å². The first kappa shape index (κ1) is 12.4. The van der Waals surface area contributed by atoms with E-state index in [0.29, 0.717) is 11.8 Å². The molecule has 0 radical (unpaired) electrons. The molecule has 0 aliphatic heterocycles. The molecule has 1 nitrogen and oxygen atoms in total. The van der Waals surface area contributed by atoms with Crippen LogP contribution in [0.15, 0.2) is 0 Å². The largest absolute Gasteiger partial charge is 1.00 e. The molecule has 4 bridgehead atoms. The summed E-state index contributed by atoms with van der Waals surface area (Å²) >= 11 is 0. The summed E-state index contributed by atoms with van der Waals surface area (Å²) in [5, 5.41) is 12.8. The van der Waals surface area contributed by atoms with Crippen LogP contribution in [0.4, 0.5) is 0 Å². The number of hydrogen-bond donors (Lipinski definition) is 0. The van der Waals surface area contributed by atoms with Gasteiger partial charge in [0, 0.05) is 0 Å². The number of hydrogen-bond acceptors (Lipinski definition) is 1. The van der Waals surface area contributed by atoms with Gasteiger partial charge in [-0.05, 0) is 43.9 Å². The summed E-state index contributed by atoms with van der Waals surface area (Å²) in [7, 11) is 0. The van der Waals surface area contributed by atoms with Crippen molar-refractivity contribution in [3.63, 3.8) is 0 Å². The average molecular weight is 216 g/mol. The van der Waals surface area contributed by atoms with E-state index in [1.807, 2.05) is 0 Å². The van der Waals surface area contributed by atoms with Crippen LogP contribution in [0.1, 0.15) is 51.9 Å². The predicted octanol–water partition coefficient (Wildman–Crippen LogP) is -0.654. The van der Waals surface area contributed by atoms with Gasteiger partial charge in [-0.15, -0.1) is 5.60 Å². The maximum atomic E-state index is 12.8. The second-order valence-electron chi connectivity index (χ2n) is 6.01. The van der Waals surface area contributed by atoms with Gasteiger partial charge in [0.25, 0.3) is 0 Å². The molecule has 4 fully saturated rings. The van der Waals surface area contributed by atoms with Gasteiger partial charge in [0.1, 0.15) is 0 Å². The molecule has 0 unspecified atom stereocenters. The van der Waals surface area contributed by atoms with E-state index >= 15 is 0 Å². The third-order valence-electron chi connectivity index (χ3n) is 5.16. The van der Waals surface area contributed by atoms with Gasteiger partial charge < -0.3 is 5.11 Å². The summed E-state index contributed by atoms with van der Waals surface area (Å²) in [6.45, 7) is 2.17.